The Kier molecular flexibility index (Phi) is 1.78. The molecule has 0 spiro atoms. The van der Waals surface area contributed by atoms with Crippen LogP contribution in [0.4, 0.5) is 0 Å². The maximum Gasteiger partial charge on any atom is 0.141 e. The SMILES string of the molecule is [c-]1ccccc1-c1nc2ccccc2o1. The van der Waals surface area contributed by atoms with Crippen molar-refractivity contribution in [3.63, 3.8) is 0 Å². The average molecular weight is 194 g/mol. The highest BCUT2D eigenvalue weighted by atomic mass is 16.3. The normalized spacial score (nSPS) is 10.7. The number of para-hydroxylation sites is 2. The van der Waals surface area contributed by atoms with Crippen LogP contribution in [-0.4, -0.2) is 4.98 Å². The lowest BCUT2D eigenvalue weighted by atomic mass is 10.2. The summed E-state index contributed by atoms with van der Waals surface area (Å²) in [6.07, 6.45) is 0. The third kappa shape index (κ3) is 1.40. The number of rotatable bonds is 1. The predicted molar refractivity (Wildman–Crippen MR) is 58.3 cm³/mol. The summed E-state index contributed by atoms with van der Waals surface area (Å²) in [4.78, 5) is 4.39. The molecule has 2 nitrogen and oxygen atoms in total. The molecule has 0 aliphatic rings. The zero-order chi connectivity index (χ0) is 10.1. The average Bonchev–Trinajstić information content (AvgIpc) is 2.74. The van der Waals surface area contributed by atoms with Gasteiger partial charge in [0.2, 0.25) is 0 Å². The predicted octanol–water partition coefficient (Wildman–Crippen LogP) is 3.29. The van der Waals surface area contributed by atoms with E-state index in [-0.39, 0.29) is 0 Å². The first-order valence-corrected chi connectivity index (χ1v) is 4.76. The highest BCUT2D eigenvalue weighted by Crippen LogP contribution is 2.22. The van der Waals surface area contributed by atoms with Crippen molar-refractivity contribution in [1.82, 2.24) is 4.98 Å². The van der Waals surface area contributed by atoms with Crippen molar-refractivity contribution in [3.8, 4) is 11.5 Å². The molecule has 0 saturated heterocycles. The van der Waals surface area contributed by atoms with Gasteiger partial charge in [-0.05, 0) is 12.1 Å². The van der Waals surface area contributed by atoms with E-state index >= 15 is 0 Å². The van der Waals surface area contributed by atoms with Gasteiger partial charge in [0, 0.05) is 0 Å². The van der Waals surface area contributed by atoms with Crippen molar-refractivity contribution >= 4 is 11.1 Å². The third-order valence-electron chi connectivity index (χ3n) is 2.23. The fourth-order valence-electron chi connectivity index (χ4n) is 1.51. The summed E-state index contributed by atoms with van der Waals surface area (Å²) in [5.41, 5.74) is 2.57. The lowest BCUT2D eigenvalue weighted by Crippen LogP contribution is -1.74. The smallest absolute Gasteiger partial charge is 0.141 e. The van der Waals surface area contributed by atoms with Crippen LogP contribution in [0.2, 0.25) is 0 Å². The first kappa shape index (κ1) is 8.24. The van der Waals surface area contributed by atoms with Crippen molar-refractivity contribution in [1.29, 1.82) is 0 Å². The summed E-state index contributed by atoms with van der Waals surface area (Å²) >= 11 is 0. The Bertz CT molecular complexity index is 551. The van der Waals surface area contributed by atoms with Crippen molar-refractivity contribution in [2.45, 2.75) is 0 Å². The second-order valence-electron chi connectivity index (χ2n) is 3.26. The summed E-state index contributed by atoms with van der Waals surface area (Å²) in [5.74, 6) is 0.622. The van der Waals surface area contributed by atoms with Gasteiger partial charge in [-0.25, -0.2) is 0 Å². The second kappa shape index (κ2) is 3.24. The van der Waals surface area contributed by atoms with Crippen LogP contribution in [0.15, 0.2) is 52.9 Å². The first-order valence-electron chi connectivity index (χ1n) is 4.76. The molecule has 15 heavy (non-hydrogen) atoms. The van der Waals surface area contributed by atoms with E-state index in [1.165, 1.54) is 0 Å². The molecule has 72 valence electrons. The van der Waals surface area contributed by atoms with Gasteiger partial charge >= 0.3 is 0 Å². The molecule has 0 aliphatic heterocycles. The molecular formula is C13H8NO-. The van der Waals surface area contributed by atoms with Gasteiger partial charge in [0.1, 0.15) is 11.5 Å². The summed E-state index contributed by atoms with van der Waals surface area (Å²) in [7, 11) is 0. The fourth-order valence-corrected chi connectivity index (χ4v) is 1.51. The van der Waals surface area contributed by atoms with Gasteiger partial charge in [0.25, 0.3) is 0 Å². The Morgan fingerprint density at radius 2 is 1.87 bits per heavy atom. The van der Waals surface area contributed by atoms with E-state index in [4.69, 9.17) is 4.42 Å². The second-order valence-corrected chi connectivity index (χ2v) is 3.26. The Morgan fingerprint density at radius 1 is 1.00 bits per heavy atom. The van der Waals surface area contributed by atoms with E-state index in [1.54, 1.807) is 0 Å². The van der Waals surface area contributed by atoms with Gasteiger partial charge in [-0.3, -0.25) is 4.98 Å². The Balaban J connectivity index is 2.21. The van der Waals surface area contributed by atoms with Gasteiger partial charge in [-0.15, -0.1) is 30.3 Å². The summed E-state index contributed by atoms with van der Waals surface area (Å²) in [5, 5.41) is 0. The van der Waals surface area contributed by atoms with E-state index in [1.807, 2.05) is 48.5 Å². The number of nitrogens with zero attached hydrogens (tertiary/aromatic N) is 1. The molecule has 0 radical (unpaired) electrons. The molecule has 3 rings (SSSR count). The highest BCUT2D eigenvalue weighted by molar-refractivity contribution is 5.75. The summed E-state index contributed by atoms with van der Waals surface area (Å²) in [6, 6.07) is 18.5. The molecule has 1 heterocycles. The molecule has 0 aliphatic carbocycles. The van der Waals surface area contributed by atoms with E-state index in [2.05, 4.69) is 11.1 Å². The molecule has 0 bridgehead atoms. The number of aromatic nitrogens is 1. The monoisotopic (exact) mass is 194 g/mol. The molecule has 0 unspecified atom stereocenters. The Hall–Kier alpha value is -2.09. The zero-order valence-corrected chi connectivity index (χ0v) is 7.97. The minimum absolute atomic E-state index is 0.622. The quantitative estimate of drug-likeness (QED) is 0.555. The van der Waals surface area contributed by atoms with Gasteiger partial charge in [-0.2, -0.15) is 0 Å². The molecule has 2 heteroatoms. The van der Waals surface area contributed by atoms with Crippen LogP contribution in [-0.2, 0) is 0 Å². The molecule has 3 aromatic rings. The number of oxazole rings is 1. The van der Waals surface area contributed by atoms with Crippen molar-refractivity contribution in [2.24, 2.45) is 0 Å². The van der Waals surface area contributed by atoms with Gasteiger partial charge < -0.3 is 4.42 Å². The van der Waals surface area contributed by atoms with Crippen LogP contribution in [0.5, 0.6) is 0 Å². The van der Waals surface area contributed by atoms with Crippen molar-refractivity contribution in [3.05, 3.63) is 54.6 Å². The molecule has 0 saturated carbocycles. The molecule has 0 fully saturated rings. The maximum absolute atomic E-state index is 5.61. The van der Waals surface area contributed by atoms with E-state index in [0.717, 1.165) is 16.7 Å². The Morgan fingerprint density at radius 3 is 2.67 bits per heavy atom. The van der Waals surface area contributed by atoms with E-state index in [0.29, 0.717) is 5.89 Å². The molecule has 1 aromatic heterocycles. The van der Waals surface area contributed by atoms with Gasteiger partial charge in [0.15, 0.2) is 0 Å². The van der Waals surface area contributed by atoms with Gasteiger partial charge in [-0.1, -0.05) is 17.7 Å². The van der Waals surface area contributed by atoms with Crippen LogP contribution in [0, 0.1) is 6.07 Å². The van der Waals surface area contributed by atoms with Crippen LogP contribution in [0.25, 0.3) is 22.6 Å². The van der Waals surface area contributed by atoms with Crippen LogP contribution in [0.3, 0.4) is 0 Å². The molecule has 0 amide bonds. The minimum Gasteiger partial charge on any atom is -0.481 e. The Labute approximate surface area is 87.2 Å². The third-order valence-corrected chi connectivity index (χ3v) is 2.23. The van der Waals surface area contributed by atoms with E-state index < -0.39 is 0 Å². The molecule has 2 aromatic carbocycles. The van der Waals surface area contributed by atoms with Crippen LogP contribution >= 0.6 is 0 Å². The number of fused-ring (bicyclic) bond motifs is 1. The zero-order valence-electron chi connectivity index (χ0n) is 7.97. The largest absolute Gasteiger partial charge is 0.481 e. The lowest BCUT2D eigenvalue weighted by Gasteiger charge is -2.00. The highest BCUT2D eigenvalue weighted by Gasteiger charge is 2.00. The number of hydrogen-bond donors (Lipinski definition) is 0. The van der Waals surface area contributed by atoms with Crippen molar-refractivity contribution < 1.29 is 4.42 Å². The summed E-state index contributed by atoms with van der Waals surface area (Å²) in [6.45, 7) is 0. The molecular weight excluding hydrogens is 186 g/mol. The van der Waals surface area contributed by atoms with Gasteiger partial charge in [0.05, 0.1) is 5.52 Å². The minimum atomic E-state index is 0.622. The summed E-state index contributed by atoms with van der Waals surface area (Å²) < 4.78 is 5.61. The standard InChI is InChI=1S/C13H8NO/c1-2-6-10(7-3-1)13-14-11-8-4-5-9-12(11)15-13/h1-6,8-9H/q-1. The van der Waals surface area contributed by atoms with Crippen LogP contribution < -0.4 is 0 Å². The molecule has 0 N–H and O–H groups in total. The number of hydrogen-bond acceptors (Lipinski definition) is 2. The first-order chi connectivity index (χ1) is 7.43. The number of benzene rings is 2. The maximum atomic E-state index is 5.61. The van der Waals surface area contributed by atoms with Crippen molar-refractivity contribution in [2.75, 3.05) is 0 Å². The topological polar surface area (TPSA) is 26.0 Å². The molecule has 0 atom stereocenters. The van der Waals surface area contributed by atoms with E-state index in [9.17, 15) is 0 Å². The lowest BCUT2D eigenvalue weighted by molar-refractivity contribution is 0.619. The van der Waals surface area contributed by atoms with Crippen LogP contribution in [0.1, 0.15) is 0 Å². The fraction of sp³-hybridized carbons (Fsp3) is 0.